The zero-order valence-electron chi connectivity index (χ0n) is 22.8. The first-order chi connectivity index (χ1) is 19.7. The molecule has 0 aliphatic heterocycles. The number of benzene rings is 3. The second-order valence-corrected chi connectivity index (χ2v) is 10.7. The Kier molecular flexibility index (Phi) is 9.49. The average Bonchev–Trinajstić information content (AvgIpc) is 2.96. The van der Waals surface area contributed by atoms with Gasteiger partial charge in [-0.15, -0.1) is 0 Å². The number of methoxy groups -OCH3 is 3. The second kappa shape index (κ2) is 12.3. The number of nitro benzene ring substituents is 1. The summed E-state index contributed by atoms with van der Waals surface area (Å²) in [5.41, 5.74) is -6.93. The highest BCUT2D eigenvalue weighted by Crippen LogP contribution is 2.44. The van der Waals surface area contributed by atoms with E-state index >= 15 is 0 Å². The predicted octanol–water partition coefficient (Wildman–Crippen LogP) is 4.45. The van der Waals surface area contributed by atoms with E-state index in [-0.39, 0.29) is 17.1 Å². The normalized spacial score (nSPS) is 14.7. The van der Waals surface area contributed by atoms with Gasteiger partial charge in [0.2, 0.25) is 10.0 Å². The predicted molar refractivity (Wildman–Crippen MR) is 142 cm³/mol. The van der Waals surface area contributed by atoms with E-state index in [9.17, 15) is 36.5 Å². The first kappa shape index (κ1) is 32.3. The van der Waals surface area contributed by atoms with Crippen LogP contribution in [0.15, 0.2) is 77.7 Å². The first-order valence-electron chi connectivity index (χ1n) is 12.0. The van der Waals surface area contributed by atoms with Gasteiger partial charge in [0, 0.05) is 30.4 Å². The zero-order chi connectivity index (χ0) is 31.3. The Balaban J connectivity index is 2.15. The maximum Gasteiger partial charge on any atom is 0.432 e. The van der Waals surface area contributed by atoms with Gasteiger partial charge < -0.3 is 18.9 Å². The van der Waals surface area contributed by atoms with Gasteiger partial charge in [0.05, 0.1) is 24.7 Å². The molecule has 0 fully saturated rings. The van der Waals surface area contributed by atoms with Crippen LogP contribution in [0, 0.1) is 10.1 Å². The van der Waals surface area contributed by atoms with E-state index in [4.69, 9.17) is 18.9 Å². The van der Waals surface area contributed by atoms with Gasteiger partial charge in [-0.3, -0.25) is 10.1 Å². The molecule has 0 saturated heterocycles. The molecule has 0 spiro atoms. The lowest BCUT2D eigenvalue weighted by Gasteiger charge is -2.35. The number of hydrogen-bond donors (Lipinski definition) is 1. The van der Waals surface area contributed by atoms with E-state index in [1.54, 1.807) is 0 Å². The summed E-state index contributed by atoms with van der Waals surface area (Å²) in [4.78, 5) is 23.2. The van der Waals surface area contributed by atoms with Crippen molar-refractivity contribution < 1.29 is 50.3 Å². The lowest BCUT2D eigenvalue weighted by atomic mass is 9.91. The summed E-state index contributed by atoms with van der Waals surface area (Å²) >= 11 is 0. The molecule has 3 aromatic rings. The Morgan fingerprint density at radius 3 is 2.12 bits per heavy atom. The zero-order valence-corrected chi connectivity index (χ0v) is 23.6. The highest BCUT2D eigenvalue weighted by Gasteiger charge is 2.64. The molecular formula is C27H27F3N2O9S. The summed E-state index contributed by atoms with van der Waals surface area (Å²) in [6.07, 6.45) is -5.29. The molecule has 3 rings (SSSR count). The largest absolute Gasteiger partial charge is 0.497 e. The molecule has 1 unspecified atom stereocenters. The Morgan fingerprint density at radius 2 is 1.57 bits per heavy atom. The molecule has 0 bridgehead atoms. The van der Waals surface area contributed by atoms with E-state index in [1.165, 1.54) is 69.7 Å². The van der Waals surface area contributed by atoms with Crippen LogP contribution in [-0.4, -0.2) is 53.4 Å². The number of esters is 1. The van der Waals surface area contributed by atoms with Gasteiger partial charge in [-0.2, -0.15) is 17.9 Å². The number of nitro groups is 1. The number of carbonyl (C=O) groups is 1. The summed E-state index contributed by atoms with van der Waals surface area (Å²) in [6, 6.07) is 14.6. The van der Waals surface area contributed by atoms with E-state index in [0.29, 0.717) is 7.11 Å². The van der Waals surface area contributed by atoms with Crippen molar-refractivity contribution in [2.45, 2.75) is 29.1 Å². The minimum atomic E-state index is -5.29. The smallest absolute Gasteiger partial charge is 0.432 e. The average molecular weight is 613 g/mol. The van der Waals surface area contributed by atoms with Crippen LogP contribution >= 0.6 is 0 Å². The molecule has 0 heterocycles. The molecule has 42 heavy (non-hydrogen) atoms. The molecule has 15 heteroatoms. The summed E-state index contributed by atoms with van der Waals surface area (Å²) in [7, 11) is -1.48. The number of para-hydroxylation sites is 1. The molecule has 0 aromatic heterocycles. The van der Waals surface area contributed by atoms with Gasteiger partial charge in [0.1, 0.15) is 18.1 Å². The van der Waals surface area contributed by atoms with Gasteiger partial charge >= 0.3 is 12.1 Å². The van der Waals surface area contributed by atoms with Gasteiger partial charge in [-0.05, 0) is 25.1 Å². The Morgan fingerprint density at radius 1 is 0.952 bits per heavy atom. The number of nitrogens with one attached hydrogen (secondary N) is 1. The quantitative estimate of drug-likeness (QED) is 0.178. The molecule has 0 radical (unpaired) electrons. The van der Waals surface area contributed by atoms with Crippen LogP contribution in [0.5, 0.6) is 11.5 Å². The Labute approximate surface area is 239 Å². The number of halogens is 3. The maximum atomic E-state index is 14.4. The number of ether oxygens (including phenoxy) is 4. The fraction of sp³-hybridized carbons (Fsp3) is 0.296. The Hall–Kier alpha value is -4.21. The van der Waals surface area contributed by atoms with Crippen LogP contribution in [0.3, 0.4) is 0 Å². The fourth-order valence-electron chi connectivity index (χ4n) is 4.30. The standard InChI is InChI=1S/C27H27F3N2O9S/c1-25(20-15-14-19(38-2)16-22(20)39-3,31-42(36,37)23-13-9-8-12-21(23)32(34)35)17-41-24(33)26(40-4,27(28,29)30)18-10-6-5-7-11-18/h5-16,31H,17H2,1-4H3/t25?,26-/m0/s1. The van der Waals surface area contributed by atoms with Crippen LogP contribution in [0.2, 0.25) is 0 Å². The van der Waals surface area contributed by atoms with Crippen molar-refractivity contribution in [2.75, 3.05) is 27.9 Å². The van der Waals surface area contributed by atoms with Crippen molar-refractivity contribution in [2.24, 2.45) is 0 Å². The number of alkyl halides is 3. The highest BCUT2D eigenvalue weighted by molar-refractivity contribution is 7.89. The molecule has 226 valence electrons. The van der Waals surface area contributed by atoms with Gasteiger partial charge in [-0.1, -0.05) is 42.5 Å². The molecule has 11 nitrogen and oxygen atoms in total. The lowest BCUT2D eigenvalue weighted by molar-refractivity contribution is -0.387. The number of sulfonamides is 1. The molecule has 0 amide bonds. The fourth-order valence-corrected chi connectivity index (χ4v) is 5.85. The summed E-state index contributed by atoms with van der Waals surface area (Å²) in [6.45, 7) is 0.184. The van der Waals surface area contributed by atoms with Gasteiger partial charge in [0.15, 0.2) is 4.90 Å². The summed E-state index contributed by atoms with van der Waals surface area (Å²) < 4.78 is 93.1. The van der Waals surface area contributed by atoms with Gasteiger partial charge in [-0.25, -0.2) is 13.2 Å². The van der Waals surface area contributed by atoms with E-state index in [1.807, 2.05) is 0 Å². The van der Waals surface area contributed by atoms with Crippen LogP contribution in [0.1, 0.15) is 18.1 Å². The van der Waals surface area contributed by atoms with Gasteiger partial charge in [0.25, 0.3) is 11.3 Å². The number of rotatable bonds is 12. The van der Waals surface area contributed by atoms with Crippen LogP contribution in [-0.2, 0) is 35.4 Å². The van der Waals surface area contributed by atoms with E-state index < -0.39 is 61.0 Å². The van der Waals surface area contributed by atoms with Crippen molar-refractivity contribution in [1.82, 2.24) is 4.72 Å². The lowest BCUT2D eigenvalue weighted by Crippen LogP contribution is -2.54. The molecule has 1 N–H and O–H groups in total. The maximum absolute atomic E-state index is 14.4. The van der Waals surface area contributed by atoms with Crippen LogP contribution in [0.4, 0.5) is 18.9 Å². The third kappa shape index (κ3) is 6.17. The van der Waals surface area contributed by atoms with Crippen molar-refractivity contribution in [3.63, 3.8) is 0 Å². The minimum Gasteiger partial charge on any atom is -0.497 e. The molecule has 0 aliphatic carbocycles. The van der Waals surface area contributed by atoms with E-state index in [2.05, 4.69) is 4.72 Å². The topological polar surface area (TPSA) is 143 Å². The van der Waals surface area contributed by atoms with Crippen LogP contribution < -0.4 is 14.2 Å². The Bertz CT molecular complexity index is 1550. The molecule has 0 saturated carbocycles. The second-order valence-electron chi connectivity index (χ2n) is 9.05. The third-order valence-electron chi connectivity index (χ3n) is 6.38. The monoisotopic (exact) mass is 612 g/mol. The molecule has 0 aliphatic rings. The summed E-state index contributed by atoms with van der Waals surface area (Å²) in [5.74, 6) is -1.58. The SMILES string of the molecule is COc1ccc(C(C)(COC(=O)[C@@](OC)(c2ccccc2)C(F)(F)F)NS(=O)(=O)c2ccccc2[N+](=O)[O-])c(OC)c1. The number of nitrogens with zero attached hydrogens (tertiary/aromatic N) is 1. The number of hydrogen-bond acceptors (Lipinski definition) is 9. The minimum absolute atomic E-state index is 0.00930. The number of carbonyl (C=O) groups excluding carboxylic acids is 1. The third-order valence-corrected chi connectivity index (χ3v) is 8.02. The van der Waals surface area contributed by atoms with Crippen molar-refractivity contribution in [3.05, 3.63) is 94.0 Å². The molecular weight excluding hydrogens is 585 g/mol. The van der Waals surface area contributed by atoms with Crippen molar-refractivity contribution in [3.8, 4) is 11.5 Å². The van der Waals surface area contributed by atoms with Crippen LogP contribution in [0.25, 0.3) is 0 Å². The van der Waals surface area contributed by atoms with E-state index in [0.717, 1.165) is 24.3 Å². The molecule has 2 atom stereocenters. The van der Waals surface area contributed by atoms with Crippen molar-refractivity contribution in [1.29, 1.82) is 0 Å². The highest BCUT2D eigenvalue weighted by atomic mass is 32.2. The molecule has 3 aromatic carbocycles. The summed E-state index contributed by atoms with van der Waals surface area (Å²) in [5, 5.41) is 11.6. The first-order valence-corrected chi connectivity index (χ1v) is 13.5. The van der Waals surface area contributed by atoms with Crippen molar-refractivity contribution >= 4 is 21.7 Å².